The van der Waals surface area contributed by atoms with Gasteiger partial charge in [0, 0.05) is 11.5 Å². The van der Waals surface area contributed by atoms with E-state index >= 15 is 0 Å². The van der Waals surface area contributed by atoms with E-state index in [9.17, 15) is 4.79 Å². The summed E-state index contributed by atoms with van der Waals surface area (Å²) in [6.07, 6.45) is 5.90. The van der Waals surface area contributed by atoms with Crippen molar-refractivity contribution in [2.75, 3.05) is 7.11 Å². The first-order valence-electron chi connectivity index (χ1n) is 5.05. The molecule has 0 amide bonds. The first-order valence-corrected chi connectivity index (χ1v) is 5.05. The van der Waals surface area contributed by atoms with Gasteiger partial charge in [-0.15, -0.1) is 6.42 Å². The minimum Gasteiger partial charge on any atom is -0.468 e. The molecular weight excluding hydrogens is 202 g/mol. The van der Waals surface area contributed by atoms with Crippen molar-refractivity contribution >= 4 is 5.97 Å². The Morgan fingerprint density at radius 2 is 2.19 bits per heavy atom. The average Bonchev–Trinajstić information content (AvgIpc) is 3.02. The summed E-state index contributed by atoms with van der Waals surface area (Å²) in [5.74, 6) is 2.24. The standard InChI is InChI=1S/C13H13NO2/c1-3-9-4-6-10(7-5-9)11-8-13(11,14)12(15)16-2/h1,4-7,11H,8,14H2,2H3/t11-,13+/m0/s1. The zero-order chi connectivity index (χ0) is 11.8. The van der Waals surface area contributed by atoms with Gasteiger partial charge in [0.1, 0.15) is 5.54 Å². The summed E-state index contributed by atoms with van der Waals surface area (Å²) >= 11 is 0. The van der Waals surface area contributed by atoms with Crippen molar-refractivity contribution < 1.29 is 9.53 Å². The molecule has 2 atom stereocenters. The molecule has 16 heavy (non-hydrogen) atoms. The van der Waals surface area contributed by atoms with Gasteiger partial charge in [-0.3, -0.25) is 4.79 Å². The van der Waals surface area contributed by atoms with E-state index in [4.69, 9.17) is 12.2 Å². The predicted molar refractivity (Wildman–Crippen MR) is 60.7 cm³/mol. The second kappa shape index (κ2) is 3.66. The Kier molecular flexibility index (Phi) is 2.45. The number of rotatable bonds is 2. The van der Waals surface area contributed by atoms with Crippen LogP contribution in [0.5, 0.6) is 0 Å². The van der Waals surface area contributed by atoms with Crippen LogP contribution < -0.4 is 5.73 Å². The molecule has 2 rings (SSSR count). The van der Waals surface area contributed by atoms with Gasteiger partial charge in [-0.2, -0.15) is 0 Å². The first kappa shape index (κ1) is 10.7. The van der Waals surface area contributed by atoms with Crippen molar-refractivity contribution in [3.63, 3.8) is 0 Å². The third kappa shape index (κ3) is 1.58. The Balaban J connectivity index is 2.17. The molecule has 1 aliphatic rings. The monoisotopic (exact) mass is 215 g/mol. The fourth-order valence-electron chi connectivity index (χ4n) is 1.92. The zero-order valence-electron chi connectivity index (χ0n) is 9.07. The minimum absolute atomic E-state index is 0.0479. The van der Waals surface area contributed by atoms with E-state index in [0.29, 0.717) is 6.42 Å². The van der Waals surface area contributed by atoms with E-state index in [1.165, 1.54) is 7.11 Å². The number of esters is 1. The highest BCUT2D eigenvalue weighted by molar-refractivity contribution is 5.86. The number of ether oxygens (including phenoxy) is 1. The molecule has 0 bridgehead atoms. The molecule has 0 heterocycles. The van der Waals surface area contributed by atoms with E-state index in [0.717, 1.165) is 11.1 Å². The van der Waals surface area contributed by atoms with Crippen LogP contribution >= 0.6 is 0 Å². The third-order valence-electron chi connectivity index (χ3n) is 3.05. The number of carbonyl (C=O) groups excluding carboxylic acids is 1. The molecule has 0 spiro atoms. The molecule has 82 valence electrons. The summed E-state index contributed by atoms with van der Waals surface area (Å²) in [6, 6.07) is 7.53. The lowest BCUT2D eigenvalue weighted by molar-refractivity contribution is -0.143. The second-order valence-electron chi connectivity index (χ2n) is 4.06. The Hall–Kier alpha value is -1.79. The summed E-state index contributed by atoms with van der Waals surface area (Å²) in [5, 5.41) is 0. The molecule has 0 radical (unpaired) electrons. The normalized spacial score (nSPS) is 26.9. The Morgan fingerprint density at radius 3 is 2.69 bits per heavy atom. The van der Waals surface area contributed by atoms with Gasteiger partial charge < -0.3 is 10.5 Å². The maximum Gasteiger partial charge on any atom is 0.326 e. The van der Waals surface area contributed by atoms with Crippen LogP contribution in [0.15, 0.2) is 24.3 Å². The molecule has 0 aromatic heterocycles. The number of terminal acetylenes is 1. The van der Waals surface area contributed by atoms with Crippen LogP contribution in [-0.2, 0) is 9.53 Å². The fraction of sp³-hybridized carbons (Fsp3) is 0.308. The van der Waals surface area contributed by atoms with E-state index in [1.54, 1.807) is 0 Å². The van der Waals surface area contributed by atoms with Crippen molar-refractivity contribution in [1.82, 2.24) is 0 Å². The van der Waals surface area contributed by atoms with Crippen LogP contribution in [0.2, 0.25) is 0 Å². The molecule has 1 saturated carbocycles. The first-order chi connectivity index (χ1) is 7.61. The van der Waals surface area contributed by atoms with Gasteiger partial charge in [0.25, 0.3) is 0 Å². The van der Waals surface area contributed by atoms with Crippen LogP contribution in [0.4, 0.5) is 0 Å². The highest BCUT2D eigenvalue weighted by Crippen LogP contribution is 2.50. The van der Waals surface area contributed by atoms with Gasteiger partial charge in [-0.1, -0.05) is 18.1 Å². The number of benzene rings is 1. The van der Waals surface area contributed by atoms with Crippen LogP contribution in [0.3, 0.4) is 0 Å². The Morgan fingerprint density at radius 1 is 1.56 bits per heavy atom. The molecule has 2 N–H and O–H groups in total. The van der Waals surface area contributed by atoms with Crippen LogP contribution in [0.25, 0.3) is 0 Å². The van der Waals surface area contributed by atoms with Gasteiger partial charge in [-0.25, -0.2) is 0 Å². The van der Waals surface area contributed by atoms with Crippen LogP contribution in [-0.4, -0.2) is 18.6 Å². The number of carbonyl (C=O) groups is 1. The molecular formula is C13H13NO2. The highest BCUT2D eigenvalue weighted by Gasteiger charge is 2.58. The van der Waals surface area contributed by atoms with Gasteiger partial charge in [0.05, 0.1) is 7.11 Å². The minimum atomic E-state index is -0.841. The van der Waals surface area contributed by atoms with E-state index in [1.807, 2.05) is 24.3 Å². The van der Waals surface area contributed by atoms with E-state index < -0.39 is 5.54 Å². The van der Waals surface area contributed by atoms with Crippen LogP contribution in [0.1, 0.15) is 23.5 Å². The van der Waals surface area contributed by atoms with E-state index in [2.05, 4.69) is 10.7 Å². The smallest absolute Gasteiger partial charge is 0.326 e. The van der Waals surface area contributed by atoms with Gasteiger partial charge in [-0.05, 0) is 24.1 Å². The Bertz CT molecular complexity index is 458. The lowest BCUT2D eigenvalue weighted by Gasteiger charge is -2.08. The molecule has 3 nitrogen and oxygen atoms in total. The number of methoxy groups -OCH3 is 1. The molecule has 1 aromatic rings. The van der Waals surface area contributed by atoms with Crippen molar-refractivity contribution in [2.24, 2.45) is 5.73 Å². The molecule has 1 aromatic carbocycles. The van der Waals surface area contributed by atoms with Gasteiger partial charge in [0.15, 0.2) is 0 Å². The zero-order valence-corrected chi connectivity index (χ0v) is 9.07. The lowest BCUT2D eigenvalue weighted by Crippen LogP contribution is -2.35. The molecule has 0 unspecified atom stereocenters. The van der Waals surface area contributed by atoms with E-state index in [-0.39, 0.29) is 11.9 Å². The topological polar surface area (TPSA) is 52.3 Å². The van der Waals surface area contributed by atoms with Crippen LogP contribution in [0, 0.1) is 12.3 Å². The number of hydrogen-bond acceptors (Lipinski definition) is 3. The molecule has 0 saturated heterocycles. The summed E-state index contributed by atoms with van der Waals surface area (Å²) in [7, 11) is 1.35. The Labute approximate surface area is 94.6 Å². The summed E-state index contributed by atoms with van der Waals surface area (Å²) < 4.78 is 4.68. The molecule has 1 fully saturated rings. The third-order valence-corrected chi connectivity index (χ3v) is 3.05. The molecule has 0 aliphatic heterocycles. The quantitative estimate of drug-likeness (QED) is 0.592. The van der Waals surface area contributed by atoms with Crippen molar-refractivity contribution in [3.05, 3.63) is 35.4 Å². The van der Waals surface area contributed by atoms with Gasteiger partial charge in [0.2, 0.25) is 0 Å². The van der Waals surface area contributed by atoms with Crippen molar-refractivity contribution in [1.29, 1.82) is 0 Å². The number of nitrogens with two attached hydrogens (primary N) is 1. The summed E-state index contributed by atoms with van der Waals surface area (Å²) in [6.45, 7) is 0. The predicted octanol–water partition coefficient (Wildman–Crippen LogP) is 1.03. The lowest BCUT2D eigenvalue weighted by atomic mass is 10.0. The molecule has 1 aliphatic carbocycles. The SMILES string of the molecule is C#Cc1ccc([C@@H]2C[C@]2(N)C(=O)OC)cc1. The summed E-state index contributed by atoms with van der Waals surface area (Å²) in [5.41, 5.74) is 6.95. The highest BCUT2D eigenvalue weighted by atomic mass is 16.5. The van der Waals surface area contributed by atoms with Crippen molar-refractivity contribution in [3.8, 4) is 12.3 Å². The van der Waals surface area contributed by atoms with Crippen molar-refractivity contribution in [2.45, 2.75) is 17.9 Å². The summed E-state index contributed by atoms with van der Waals surface area (Å²) in [4.78, 5) is 11.4. The largest absolute Gasteiger partial charge is 0.468 e. The second-order valence-corrected chi connectivity index (χ2v) is 4.06. The van der Waals surface area contributed by atoms with Gasteiger partial charge >= 0.3 is 5.97 Å². The maximum absolute atomic E-state index is 11.4. The number of hydrogen-bond donors (Lipinski definition) is 1. The molecule has 3 heteroatoms. The fourth-order valence-corrected chi connectivity index (χ4v) is 1.92. The average molecular weight is 215 g/mol. The maximum atomic E-state index is 11.4.